The first-order chi connectivity index (χ1) is 14.7. The van der Waals surface area contributed by atoms with Crippen LogP contribution in [0.15, 0.2) is 42.5 Å². The first-order valence-electron chi connectivity index (χ1n) is 11.0. The molecule has 0 bridgehead atoms. The van der Waals surface area contributed by atoms with Crippen molar-refractivity contribution in [3.05, 3.63) is 59.4 Å². The molecular weight excluding hydrogens is 379 g/mol. The fraction of sp³-hybridized carbons (Fsp3) is 0.458. The van der Waals surface area contributed by atoms with Gasteiger partial charge in [0.2, 0.25) is 0 Å². The number of likely N-dealkylation sites (tertiary alicyclic amines) is 1. The van der Waals surface area contributed by atoms with E-state index in [9.17, 15) is 9.18 Å². The third-order valence-electron chi connectivity index (χ3n) is 6.05. The van der Waals surface area contributed by atoms with Gasteiger partial charge in [-0.15, -0.1) is 0 Å². The van der Waals surface area contributed by atoms with Gasteiger partial charge in [-0.1, -0.05) is 12.1 Å². The van der Waals surface area contributed by atoms with Crippen LogP contribution in [0.2, 0.25) is 0 Å². The van der Waals surface area contributed by atoms with Gasteiger partial charge in [0, 0.05) is 31.0 Å². The lowest BCUT2D eigenvalue weighted by Crippen LogP contribution is -2.38. The molecule has 5 nitrogen and oxygen atoms in total. The number of halogens is 1. The number of piperidine rings is 1. The number of fused-ring (bicyclic) bond motifs is 1. The van der Waals surface area contributed by atoms with Crippen LogP contribution in [0.3, 0.4) is 0 Å². The summed E-state index contributed by atoms with van der Waals surface area (Å²) in [4.78, 5) is 14.7. The van der Waals surface area contributed by atoms with E-state index in [1.807, 2.05) is 30.3 Å². The maximum atomic E-state index is 13.1. The number of carbonyl (C=O) groups is 1. The standard InChI is InChI=1S/C24H31FN4O/c25-21-6-4-18(5-7-21)15-19-3-1-13-29(17-19)14-2-11-27-24(30)28-22-8-9-23-20(16-22)10-12-26-23/h4-9,16,19,26H,1-3,10-15,17H2,(H2,27,28,30). The van der Waals surface area contributed by atoms with E-state index in [1.165, 1.54) is 29.7 Å². The van der Waals surface area contributed by atoms with Crippen LogP contribution in [0, 0.1) is 11.7 Å². The Kier molecular flexibility index (Phi) is 6.84. The lowest BCUT2D eigenvalue weighted by molar-refractivity contribution is 0.172. The third-order valence-corrected chi connectivity index (χ3v) is 6.05. The number of rotatable bonds is 7. The van der Waals surface area contributed by atoms with Crippen LogP contribution in [-0.2, 0) is 12.8 Å². The molecule has 1 atom stereocenters. The zero-order valence-corrected chi connectivity index (χ0v) is 17.4. The van der Waals surface area contributed by atoms with Crippen LogP contribution in [0.1, 0.15) is 30.4 Å². The van der Waals surface area contributed by atoms with Crippen molar-refractivity contribution in [3.8, 4) is 0 Å². The van der Waals surface area contributed by atoms with Gasteiger partial charge >= 0.3 is 6.03 Å². The number of nitrogens with one attached hydrogen (secondary N) is 3. The molecule has 1 fully saturated rings. The van der Waals surface area contributed by atoms with Crippen LogP contribution < -0.4 is 16.0 Å². The number of urea groups is 1. The summed E-state index contributed by atoms with van der Waals surface area (Å²) < 4.78 is 13.1. The van der Waals surface area contributed by atoms with E-state index in [1.54, 1.807) is 12.1 Å². The molecule has 1 saturated heterocycles. The molecule has 2 aliphatic heterocycles. The monoisotopic (exact) mass is 410 g/mol. The molecule has 4 rings (SSSR count). The normalized spacial score (nSPS) is 18.5. The highest BCUT2D eigenvalue weighted by molar-refractivity contribution is 5.89. The van der Waals surface area contributed by atoms with Crippen LogP contribution in [0.5, 0.6) is 0 Å². The second-order valence-electron chi connectivity index (χ2n) is 8.42. The van der Waals surface area contributed by atoms with E-state index in [0.717, 1.165) is 51.1 Å². The van der Waals surface area contributed by atoms with E-state index in [4.69, 9.17) is 0 Å². The van der Waals surface area contributed by atoms with Gasteiger partial charge in [0.05, 0.1) is 0 Å². The molecule has 6 heteroatoms. The molecule has 2 amide bonds. The van der Waals surface area contributed by atoms with Crippen molar-refractivity contribution in [3.63, 3.8) is 0 Å². The largest absolute Gasteiger partial charge is 0.384 e. The predicted octanol–water partition coefficient (Wildman–Crippen LogP) is 4.26. The van der Waals surface area contributed by atoms with Crippen molar-refractivity contribution in [1.82, 2.24) is 10.2 Å². The van der Waals surface area contributed by atoms with Gasteiger partial charge < -0.3 is 20.9 Å². The first-order valence-corrected chi connectivity index (χ1v) is 11.0. The maximum absolute atomic E-state index is 13.1. The summed E-state index contributed by atoms with van der Waals surface area (Å²) in [7, 11) is 0. The molecule has 0 saturated carbocycles. The number of nitrogens with zero attached hydrogens (tertiary/aromatic N) is 1. The molecule has 160 valence electrons. The zero-order valence-electron chi connectivity index (χ0n) is 17.4. The summed E-state index contributed by atoms with van der Waals surface area (Å²) in [5.41, 5.74) is 4.48. The smallest absolute Gasteiger partial charge is 0.319 e. The zero-order chi connectivity index (χ0) is 20.8. The van der Waals surface area contributed by atoms with Gasteiger partial charge in [0.15, 0.2) is 0 Å². The Morgan fingerprint density at radius 3 is 2.93 bits per heavy atom. The Hall–Kier alpha value is -2.60. The Labute approximate surface area is 178 Å². The molecule has 0 spiro atoms. The van der Waals surface area contributed by atoms with Crippen molar-refractivity contribution in [2.75, 3.05) is 43.4 Å². The Bertz CT molecular complexity index is 855. The summed E-state index contributed by atoms with van der Waals surface area (Å²) in [5, 5.41) is 9.22. The summed E-state index contributed by atoms with van der Waals surface area (Å²) in [6.45, 7) is 4.82. The quantitative estimate of drug-likeness (QED) is 0.598. The Morgan fingerprint density at radius 2 is 2.07 bits per heavy atom. The van der Waals surface area contributed by atoms with Gasteiger partial charge in [-0.2, -0.15) is 0 Å². The van der Waals surface area contributed by atoms with Crippen molar-refractivity contribution < 1.29 is 9.18 Å². The lowest BCUT2D eigenvalue weighted by Gasteiger charge is -2.32. The summed E-state index contributed by atoms with van der Waals surface area (Å²) in [6.07, 6.45) is 5.38. The number of anilines is 2. The molecule has 0 aromatic heterocycles. The molecule has 1 unspecified atom stereocenters. The van der Waals surface area contributed by atoms with Gasteiger partial charge in [0.1, 0.15) is 5.82 Å². The summed E-state index contributed by atoms with van der Waals surface area (Å²) in [6, 6.07) is 12.8. The molecule has 0 aliphatic carbocycles. The van der Waals surface area contributed by atoms with Crippen molar-refractivity contribution in [1.29, 1.82) is 0 Å². The third kappa shape index (κ3) is 5.72. The van der Waals surface area contributed by atoms with Gasteiger partial charge in [-0.05, 0) is 92.6 Å². The van der Waals surface area contributed by atoms with Gasteiger partial charge in [-0.25, -0.2) is 9.18 Å². The molecule has 2 heterocycles. The first kappa shape index (κ1) is 20.7. The predicted molar refractivity (Wildman–Crippen MR) is 120 cm³/mol. The van der Waals surface area contributed by atoms with Crippen LogP contribution in [-0.4, -0.2) is 43.7 Å². The van der Waals surface area contributed by atoms with E-state index in [0.29, 0.717) is 12.5 Å². The van der Waals surface area contributed by atoms with E-state index < -0.39 is 0 Å². The minimum absolute atomic E-state index is 0.145. The van der Waals surface area contributed by atoms with Gasteiger partial charge in [0.25, 0.3) is 0 Å². The molecule has 2 aromatic carbocycles. The second kappa shape index (κ2) is 9.94. The number of carbonyl (C=O) groups excluding carboxylic acids is 1. The second-order valence-corrected chi connectivity index (χ2v) is 8.42. The molecule has 30 heavy (non-hydrogen) atoms. The fourth-order valence-corrected chi connectivity index (χ4v) is 4.54. The van der Waals surface area contributed by atoms with Crippen LogP contribution in [0.4, 0.5) is 20.6 Å². The minimum Gasteiger partial charge on any atom is -0.384 e. The SMILES string of the molecule is O=C(NCCCN1CCCC(Cc2ccc(F)cc2)C1)Nc1ccc2c(c1)CCN2. The van der Waals surface area contributed by atoms with Gasteiger partial charge in [-0.3, -0.25) is 0 Å². The number of amides is 2. The molecule has 2 aliphatic rings. The Balaban J connectivity index is 1.14. The number of benzene rings is 2. The highest BCUT2D eigenvalue weighted by atomic mass is 19.1. The van der Waals surface area contributed by atoms with E-state index in [2.05, 4.69) is 20.9 Å². The number of hydrogen-bond donors (Lipinski definition) is 3. The van der Waals surface area contributed by atoms with Crippen molar-refractivity contribution in [2.45, 2.75) is 32.1 Å². The highest BCUT2D eigenvalue weighted by Gasteiger charge is 2.20. The van der Waals surface area contributed by atoms with Crippen LogP contribution in [0.25, 0.3) is 0 Å². The van der Waals surface area contributed by atoms with Crippen molar-refractivity contribution >= 4 is 17.4 Å². The summed E-state index contributed by atoms with van der Waals surface area (Å²) >= 11 is 0. The summed E-state index contributed by atoms with van der Waals surface area (Å²) in [5.74, 6) is 0.448. The molecule has 2 aromatic rings. The average Bonchev–Trinajstić information content (AvgIpc) is 3.21. The topological polar surface area (TPSA) is 56.4 Å². The highest BCUT2D eigenvalue weighted by Crippen LogP contribution is 2.25. The Morgan fingerprint density at radius 1 is 1.20 bits per heavy atom. The molecule has 3 N–H and O–H groups in total. The number of hydrogen-bond acceptors (Lipinski definition) is 3. The fourth-order valence-electron chi connectivity index (χ4n) is 4.54. The van der Waals surface area contributed by atoms with E-state index in [-0.39, 0.29) is 11.8 Å². The van der Waals surface area contributed by atoms with Crippen molar-refractivity contribution in [2.24, 2.45) is 5.92 Å². The molecular formula is C24H31FN4O. The van der Waals surface area contributed by atoms with E-state index >= 15 is 0 Å². The lowest BCUT2D eigenvalue weighted by atomic mass is 9.91. The van der Waals surface area contributed by atoms with Crippen LogP contribution >= 0.6 is 0 Å². The molecule has 0 radical (unpaired) electrons. The maximum Gasteiger partial charge on any atom is 0.319 e. The average molecular weight is 411 g/mol. The minimum atomic E-state index is -0.172.